The maximum Gasteiger partial charge on any atom is 0.198 e. The third-order valence-electron chi connectivity index (χ3n) is 4.63. The number of aliphatic hydroxyl groups is 2. The van der Waals surface area contributed by atoms with E-state index in [1.54, 1.807) is 12.1 Å². The van der Waals surface area contributed by atoms with Gasteiger partial charge in [0.15, 0.2) is 10.9 Å². The zero-order valence-corrected chi connectivity index (χ0v) is 16.6. The van der Waals surface area contributed by atoms with E-state index in [1.165, 1.54) is 12.4 Å². The monoisotopic (exact) mass is 414 g/mol. The van der Waals surface area contributed by atoms with Crippen LogP contribution in [-0.2, 0) is 0 Å². The van der Waals surface area contributed by atoms with E-state index in [0.717, 1.165) is 0 Å². The van der Waals surface area contributed by atoms with Crippen molar-refractivity contribution in [3.05, 3.63) is 55.7 Å². The number of nitrogens with one attached hydrogen (secondary N) is 4. The van der Waals surface area contributed by atoms with Crippen LogP contribution in [0.5, 0.6) is 0 Å². The maximum absolute atomic E-state index is 13.2. The molecule has 0 aliphatic carbocycles. The molecule has 0 radical (unpaired) electrons. The maximum atomic E-state index is 13.2. The molecular weight excluding hydrogens is 388 g/mol. The highest BCUT2D eigenvalue weighted by molar-refractivity contribution is 5.96. The summed E-state index contributed by atoms with van der Waals surface area (Å²) >= 11 is 0. The lowest BCUT2D eigenvalue weighted by Gasteiger charge is -2.04. The summed E-state index contributed by atoms with van der Waals surface area (Å²) in [4.78, 5) is 35.4. The molecule has 0 aliphatic rings. The fourth-order valence-corrected chi connectivity index (χ4v) is 3.25. The van der Waals surface area contributed by atoms with E-state index in [9.17, 15) is 9.59 Å². The molecule has 0 unspecified atom stereocenters. The molecule has 0 saturated carbocycles. The van der Waals surface area contributed by atoms with Crippen LogP contribution >= 0.6 is 0 Å². The molecule has 0 aliphatic heterocycles. The number of aromatic nitrogens is 2. The first-order chi connectivity index (χ1) is 14.7. The number of hydrogen-bond acceptors (Lipinski definition) is 8. The Labute approximate surface area is 171 Å². The number of fused-ring (bicyclic) bond motifs is 2. The summed E-state index contributed by atoms with van der Waals surface area (Å²) in [6, 6.07) is 3.42. The van der Waals surface area contributed by atoms with E-state index in [1.807, 2.05) is 0 Å². The van der Waals surface area contributed by atoms with Crippen LogP contribution < -0.4 is 32.2 Å². The first-order valence-electron chi connectivity index (χ1n) is 9.85. The lowest BCUT2D eigenvalue weighted by molar-refractivity contribution is 0.293. The summed E-state index contributed by atoms with van der Waals surface area (Å²) in [6.45, 7) is 2.89. The molecule has 2 aromatic carbocycles. The molecule has 10 nitrogen and oxygen atoms in total. The van der Waals surface area contributed by atoms with Gasteiger partial charge in [0.25, 0.3) is 0 Å². The minimum atomic E-state index is -0.276. The van der Waals surface area contributed by atoms with Crippen molar-refractivity contribution in [2.75, 3.05) is 52.5 Å². The molecule has 1 heterocycles. The zero-order valence-electron chi connectivity index (χ0n) is 16.6. The van der Waals surface area contributed by atoms with Gasteiger partial charge in [-0.3, -0.25) is 19.6 Å². The summed E-state index contributed by atoms with van der Waals surface area (Å²) in [5, 5.41) is 31.2. The highest BCUT2D eigenvalue weighted by atomic mass is 16.3. The fraction of sp³-hybridized carbons (Fsp3) is 0.400. The van der Waals surface area contributed by atoms with E-state index >= 15 is 0 Å². The molecule has 3 rings (SSSR count). The van der Waals surface area contributed by atoms with Gasteiger partial charge in [-0.05, 0) is 12.1 Å². The third kappa shape index (κ3) is 4.79. The number of nitrogens with zero attached hydrogens (tertiary/aromatic N) is 2. The molecule has 0 atom stereocenters. The summed E-state index contributed by atoms with van der Waals surface area (Å²) in [5.41, 5.74) is -0.551. The van der Waals surface area contributed by atoms with Gasteiger partial charge < -0.3 is 31.0 Å². The Kier molecular flexibility index (Phi) is 7.80. The Morgan fingerprint density at radius 3 is 1.57 bits per heavy atom. The molecule has 3 aromatic rings. The number of benzene rings is 2. The predicted molar refractivity (Wildman–Crippen MR) is 115 cm³/mol. The van der Waals surface area contributed by atoms with Crippen LogP contribution in [0.1, 0.15) is 0 Å². The highest BCUT2D eigenvalue weighted by Gasteiger charge is 2.13. The Hall–Kier alpha value is -2.92. The number of aliphatic hydroxyl groups excluding tert-OH is 2. The third-order valence-corrected chi connectivity index (χ3v) is 4.63. The van der Waals surface area contributed by atoms with Gasteiger partial charge in [-0.15, -0.1) is 0 Å². The Balaban J connectivity index is 2.16. The van der Waals surface area contributed by atoms with Crippen molar-refractivity contribution >= 4 is 21.5 Å². The number of hydrogen-bond donors (Lipinski definition) is 6. The quantitative estimate of drug-likeness (QED) is 0.163. The van der Waals surface area contributed by atoms with Gasteiger partial charge in [0, 0.05) is 38.6 Å². The predicted octanol–water partition coefficient (Wildman–Crippen LogP) is -2.23. The number of H-pyrrole nitrogens is 2. The molecule has 0 fully saturated rings. The second-order valence-electron chi connectivity index (χ2n) is 6.63. The summed E-state index contributed by atoms with van der Waals surface area (Å²) in [6.07, 6.45) is 2.96. The van der Waals surface area contributed by atoms with Crippen LogP contribution in [0.15, 0.2) is 44.1 Å². The summed E-state index contributed by atoms with van der Waals surface area (Å²) in [5.74, 6) is 0. The standard InChI is InChI=1S/C20H26N6O4/c27-9-7-21-3-5-23-15-1-2-16(24-6-4-22-8-10-28)18-17(15)19(29)13-11-25-26-12-14(13)20(18)30/h1-2,11-12,21-22,25-28H,3-10H2. The van der Waals surface area contributed by atoms with Crippen LogP contribution in [0, 0.1) is 0 Å². The first kappa shape index (κ1) is 21.8. The zero-order chi connectivity index (χ0) is 21.3. The van der Waals surface area contributed by atoms with Crippen molar-refractivity contribution < 1.29 is 10.2 Å². The minimum absolute atomic E-state index is 0.0377. The van der Waals surface area contributed by atoms with Crippen molar-refractivity contribution in [3.8, 4) is 0 Å². The van der Waals surface area contributed by atoms with Crippen LogP contribution in [0.25, 0.3) is 21.5 Å². The lowest BCUT2D eigenvalue weighted by Crippen LogP contribution is -2.28. The molecule has 0 saturated heterocycles. The smallest absolute Gasteiger partial charge is 0.198 e. The molecule has 1 aromatic heterocycles. The average molecular weight is 414 g/mol. The highest BCUT2D eigenvalue weighted by Crippen LogP contribution is 2.05. The molecule has 30 heavy (non-hydrogen) atoms. The molecule has 10 heteroatoms. The molecule has 0 spiro atoms. The van der Waals surface area contributed by atoms with E-state index in [0.29, 0.717) is 60.8 Å². The van der Waals surface area contributed by atoms with E-state index < -0.39 is 0 Å². The van der Waals surface area contributed by atoms with Gasteiger partial charge in [0.05, 0.1) is 58.6 Å². The first-order valence-corrected chi connectivity index (χ1v) is 9.85. The van der Waals surface area contributed by atoms with Gasteiger partial charge in [-0.2, -0.15) is 0 Å². The van der Waals surface area contributed by atoms with Crippen LogP contribution in [0.2, 0.25) is 0 Å². The van der Waals surface area contributed by atoms with Crippen LogP contribution in [0.3, 0.4) is 0 Å². The molecular formula is C20H26N6O4. The number of rotatable bonds is 10. The Morgan fingerprint density at radius 1 is 0.733 bits per heavy atom. The van der Waals surface area contributed by atoms with Crippen molar-refractivity contribution in [2.45, 2.75) is 0 Å². The van der Waals surface area contributed by atoms with Gasteiger partial charge in [0.1, 0.15) is 0 Å². The fourth-order valence-electron chi connectivity index (χ4n) is 3.25. The lowest BCUT2D eigenvalue weighted by atomic mass is 10.0. The van der Waals surface area contributed by atoms with Gasteiger partial charge in [0.2, 0.25) is 0 Å². The van der Waals surface area contributed by atoms with Crippen molar-refractivity contribution in [2.24, 2.45) is 9.98 Å². The molecule has 160 valence electrons. The Morgan fingerprint density at radius 2 is 1.17 bits per heavy atom. The Bertz CT molecular complexity index is 1140. The number of aromatic amines is 2. The van der Waals surface area contributed by atoms with Gasteiger partial charge in [-0.25, -0.2) is 0 Å². The second-order valence-corrected chi connectivity index (χ2v) is 6.63. The normalized spacial score (nSPS) is 13.0. The van der Waals surface area contributed by atoms with E-state index in [-0.39, 0.29) is 34.8 Å². The van der Waals surface area contributed by atoms with Gasteiger partial charge in [-0.1, -0.05) is 0 Å². The van der Waals surface area contributed by atoms with Crippen molar-refractivity contribution in [1.82, 2.24) is 20.8 Å². The minimum Gasteiger partial charge on any atom is -0.395 e. The molecule has 6 N–H and O–H groups in total. The van der Waals surface area contributed by atoms with Crippen molar-refractivity contribution in [3.63, 3.8) is 0 Å². The molecule has 0 amide bonds. The van der Waals surface area contributed by atoms with Crippen molar-refractivity contribution in [1.29, 1.82) is 0 Å². The van der Waals surface area contributed by atoms with Crippen LogP contribution in [0.4, 0.5) is 0 Å². The summed E-state index contributed by atoms with van der Waals surface area (Å²) < 4.78 is 0. The largest absolute Gasteiger partial charge is 0.395 e. The second kappa shape index (κ2) is 10.7. The van der Waals surface area contributed by atoms with E-state index in [4.69, 9.17) is 10.2 Å². The SMILES string of the molecule is O=c1c2c[nH][nH]cc2c(=O)c2c(=NCCNCCO)ccc(=NCCNCCO)c12. The summed E-state index contributed by atoms with van der Waals surface area (Å²) in [7, 11) is 0. The van der Waals surface area contributed by atoms with E-state index in [2.05, 4.69) is 30.8 Å². The average Bonchev–Trinajstić information content (AvgIpc) is 2.77. The van der Waals surface area contributed by atoms with Gasteiger partial charge >= 0.3 is 0 Å². The van der Waals surface area contributed by atoms with Crippen LogP contribution in [-0.4, -0.2) is 72.9 Å². The molecule has 0 bridgehead atoms. The topological polar surface area (TPSA) is 155 Å².